The number of benzene rings is 1. The van der Waals surface area contributed by atoms with Gasteiger partial charge in [-0.2, -0.15) is 0 Å². The van der Waals surface area contributed by atoms with Crippen LogP contribution in [0.2, 0.25) is 0 Å². The normalized spacial score (nSPS) is 18.8. The summed E-state index contributed by atoms with van der Waals surface area (Å²) in [5, 5.41) is 16.0. The molecule has 9 heteroatoms. The van der Waals surface area contributed by atoms with Gasteiger partial charge < -0.3 is 25.0 Å². The maximum atomic E-state index is 13.4. The second-order valence-corrected chi connectivity index (χ2v) is 8.18. The molecule has 0 spiro atoms. The summed E-state index contributed by atoms with van der Waals surface area (Å²) >= 11 is 0. The number of carbonyl (C=O) groups is 1. The van der Waals surface area contributed by atoms with Gasteiger partial charge in [-0.1, -0.05) is 30.3 Å². The molecular formula is C24H24N4O5. The fourth-order valence-corrected chi connectivity index (χ4v) is 4.50. The SMILES string of the molecule is CC[C@@]1(O)C(=O)OCc2c1cc1n(c2=O)Cc2c-1nc1ccccc1c2/C=N\OCCCN. The molecule has 0 amide bonds. The first kappa shape index (κ1) is 21.3. The van der Waals surface area contributed by atoms with E-state index in [1.807, 2.05) is 24.3 Å². The zero-order chi connectivity index (χ0) is 23.2. The third-order valence-corrected chi connectivity index (χ3v) is 6.34. The van der Waals surface area contributed by atoms with Gasteiger partial charge in [0.25, 0.3) is 5.56 Å². The summed E-state index contributed by atoms with van der Waals surface area (Å²) in [6.07, 6.45) is 2.43. The number of carbonyl (C=O) groups excluding carboxylic acids is 1. The Morgan fingerprint density at radius 2 is 2.15 bits per heavy atom. The van der Waals surface area contributed by atoms with Gasteiger partial charge in [-0.15, -0.1) is 0 Å². The maximum absolute atomic E-state index is 13.4. The van der Waals surface area contributed by atoms with Crippen molar-refractivity contribution in [1.29, 1.82) is 0 Å². The maximum Gasteiger partial charge on any atom is 0.343 e. The van der Waals surface area contributed by atoms with Crippen molar-refractivity contribution in [2.75, 3.05) is 13.2 Å². The van der Waals surface area contributed by atoms with Crippen LogP contribution in [-0.2, 0) is 33.1 Å². The molecule has 3 N–H and O–H groups in total. The average molecular weight is 448 g/mol. The summed E-state index contributed by atoms with van der Waals surface area (Å²) < 4.78 is 6.74. The Morgan fingerprint density at radius 1 is 1.33 bits per heavy atom. The molecule has 0 fully saturated rings. The Morgan fingerprint density at radius 3 is 2.94 bits per heavy atom. The number of hydrogen-bond donors (Lipinski definition) is 2. The van der Waals surface area contributed by atoms with Gasteiger partial charge in [-0.3, -0.25) is 4.79 Å². The van der Waals surface area contributed by atoms with Crippen LogP contribution in [0.15, 0.2) is 40.3 Å². The number of nitrogens with zero attached hydrogens (tertiary/aromatic N) is 3. The van der Waals surface area contributed by atoms with E-state index < -0.39 is 11.6 Å². The Labute approximate surface area is 189 Å². The molecule has 2 aromatic heterocycles. The monoisotopic (exact) mass is 448 g/mol. The van der Waals surface area contributed by atoms with Crippen LogP contribution in [0.5, 0.6) is 0 Å². The van der Waals surface area contributed by atoms with Gasteiger partial charge >= 0.3 is 5.97 Å². The van der Waals surface area contributed by atoms with Crippen molar-refractivity contribution in [3.05, 3.63) is 62.9 Å². The smallest absolute Gasteiger partial charge is 0.343 e. The van der Waals surface area contributed by atoms with Gasteiger partial charge in [0.15, 0.2) is 5.60 Å². The Bertz CT molecular complexity index is 1360. The third-order valence-electron chi connectivity index (χ3n) is 6.34. The number of nitrogens with two attached hydrogens (primary N) is 1. The lowest BCUT2D eigenvalue weighted by molar-refractivity contribution is -0.172. The summed E-state index contributed by atoms with van der Waals surface area (Å²) in [4.78, 5) is 35.9. The third kappa shape index (κ3) is 3.23. The first-order valence-corrected chi connectivity index (χ1v) is 10.9. The van der Waals surface area contributed by atoms with Crippen molar-refractivity contribution in [3.8, 4) is 11.4 Å². The van der Waals surface area contributed by atoms with E-state index in [9.17, 15) is 14.7 Å². The standard InChI is InChI=1S/C24H24N4O5/c1-2-24(31)18-10-20-21-16(12-28(20)22(29)17(18)13-32-23(24)30)15(11-26-33-9-5-8-25)14-6-3-4-7-19(14)27-21/h3-4,6-7,10-11,31H,2,5,8-9,12-13,25H2,1H3/b26-11-/t24-/m0/s1. The molecule has 1 aromatic carbocycles. The minimum Gasteiger partial charge on any atom is -0.458 e. The lowest BCUT2D eigenvalue weighted by Gasteiger charge is -2.31. The van der Waals surface area contributed by atoms with Crippen LogP contribution >= 0.6 is 0 Å². The van der Waals surface area contributed by atoms with Gasteiger partial charge in [0.1, 0.15) is 13.2 Å². The fourth-order valence-electron chi connectivity index (χ4n) is 4.50. The fraction of sp³-hybridized carbons (Fsp3) is 0.333. The molecule has 0 unspecified atom stereocenters. The summed E-state index contributed by atoms with van der Waals surface area (Å²) in [5.41, 5.74) is 7.48. The minimum atomic E-state index is -1.86. The predicted octanol–water partition coefficient (Wildman–Crippen LogP) is 1.78. The van der Waals surface area contributed by atoms with E-state index in [0.717, 1.165) is 22.0 Å². The highest BCUT2D eigenvalue weighted by atomic mass is 16.6. The average Bonchev–Trinajstić information content (AvgIpc) is 3.20. The van der Waals surface area contributed by atoms with E-state index >= 15 is 0 Å². The molecule has 0 saturated carbocycles. The zero-order valence-electron chi connectivity index (χ0n) is 18.2. The number of cyclic esters (lactones) is 1. The van der Waals surface area contributed by atoms with Crippen molar-refractivity contribution >= 4 is 23.1 Å². The Balaban J connectivity index is 1.70. The molecule has 5 rings (SSSR count). The second-order valence-electron chi connectivity index (χ2n) is 8.18. The first-order valence-electron chi connectivity index (χ1n) is 10.9. The summed E-state index contributed by atoms with van der Waals surface area (Å²) in [5.74, 6) is -0.742. The van der Waals surface area contributed by atoms with Crippen molar-refractivity contribution < 1.29 is 19.5 Å². The van der Waals surface area contributed by atoms with Crippen molar-refractivity contribution in [3.63, 3.8) is 0 Å². The molecule has 0 bridgehead atoms. The van der Waals surface area contributed by atoms with E-state index in [1.165, 1.54) is 0 Å². The largest absolute Gasteiger partial charge is 0.458 e. The lowest BCUT2D eigenvalue weighted by atomic mass is 9.86. The van der Waals surface area contributed by atoms with Crippen molar-refractivity contribution in [2.45, 2.75) is 38.5 Å². The van der Waals surface area contributed by atoms with Crippen LogP contribution in [0.25, 0.3) is 22.3 Å². The number of esters is 1. The molecule has 0 aliphatic carbocycles. The van der Waals surface area contributed by atoms with E-state index in [4.69, 9.17) is 20.3 Å². The molecule has 4 heterocycles. The molecule has 33 heavy (non-hydrogen) atoms. The topological polar surface area (TPSA) is 129 Å². The molecule has 170 valence electrons. The lowest BCUT2D eigenvalue weighted by Crippen LogP contribution is -2.44. The van der Waals surface area contributed by atoms with Crippen LogP contribution < -0.4 is 11.3 Å². The molecule has 0 radical (unpaired) electrons. The summed E-state index contributed by atoms with van der Waals surface area (Å²) in [6, 6.07) is 9.35. The van der Waals surface area contributed by atoms with Crippen LogP contribution in [0, 0.1) is 0 Å². The van der Waals surface area contributed by atoms with Gasteiger partial charge in [0, 0.05) is 22.1 Å². The number of oxime groups is 1. The van der Waals surface area contributed by atoms with Gasteiger partial charge in [-0.05, 0) is 31.5 Å². The van der Waals surface area contributed by atoms with Gasteiger partial charge in [0.05, 0.1) is 35.2 Å². The van der Waals surface area contributed by atoms with Crippen molar-refractivity contribution in [1.82, 2.24) is 9.55 Å². The number of hydrogen-bond acceptors (Lipinski definition) is 8. The van der Waals surface area contributed by atoms with Crippen LogP contribution in [0.3, 0.4) is 0 Å². The summed E-state index contributed by atoms with van der Waals surface area (Å²) in [7, 11) is 0. The minimum absolute atomic E-state index is 0.0950. The predicted molar refractivity (Wildman–Crippen MR) is 122 cm³/mol. The van der Waals surface area contributed by atoms with Crippen molar-refractivity contribution in [2.24, 2.45) is 10.9 Å². The quantitative estimate of drug-likeness (QED) is 0.199. The molecule has 9 nitrogen and oxygen atoms in total. The molecule has 2 aliphatic rings. The van der Waals surface area contributed by atoms with Crippen LogP contribution in [0.1, 0.15) is 42.0 Å². The highest BCUT2D eigenvalue weighted by molar-refractivity contribution is 6.02. The van der Waals surface area contributed by atoms with Gasteiger partial charge in [0.2, 0.25) is 0 Å². The number of aliphatic hydroxyl groups is 1. The van der Waals surface area contributed by atoms with E-state index in [2.05, 4.69) is 5.16 Å². The van der Waals surface area contributed by atoms with Gasteiger partial charge in [-0.25, -0.2) is 9.78 Å². The van der Waals surface area contributed by atoms with Crippen LogP contribution in [-0.4, -0.2) is 40.0 Å². The molecule has 3 aromatic rings. The molecule has 1 atom stereocenters. The first-order chi connectivity index (χ1) is 16.0. The summed E-state index contributed by atoms with van der Waals surface area (Å²) in [6.45, 7) is 2.73. The number of ether oxygens (including phenoxy) is 1. The number of para-hydroxylation sites is 1. The molecular weight excluding hydrogens is 424 g/mol. The molecule has 2 aliphatic heterocycles. The Kier molecular flexibility index (Phi) is 5.22. The highest BCUT2D eigenvalue weighted by Gasteiger charge is 2.45. The highest BCUT2D eigenvalue weighted by Crippen LogP contribution is 2.39. The van der Waals surface area contributed by atoms with E-state index in [-0.39, 0.29) is 25.1 Å². The zero-order valence-corrected chi connectivity index (χ0v) is 18.2. The van der Waals surface area contributed by atoms with E-state index in [0.29, 0.717) is 42.1 Å². The Hall–Kier alpha value is -3.56. The van der Waals surface area contributed by atoms with E-state index in [1.54, 1.807) is 23.8 Å². The second kappa shape index (κ2) is 8.09. The van der Waals surface area contributed by atoms with Crippen LogP contribution in [0.4, 0.5) is 0 Å². The number of fused-ring (bicyclic) bond motifs is 5. The number of pyridine rings is 2. The number of rotatable bonds is 6. The molecule has 0 saturated heterocycles. The number of aromatic nitrogens is 2.